The summed E-state index contributed by atoms with van der Waals surface area (Å²) in [6, 6.07) is 4.75. The minimum atomic E-state index is -2.90. The zero-order valence-corrected chi connectivity index (χ0v) is 19.1. The molecule has 5 heterocycles. The second-order valence-corrected chi connectivity index (χ2v) is 9.36. The largest absolute Gasteiger partial charge is 0.435 e. The van der Waals surface area contributed by atoms with Gasteiger partial charge < -0.3 is 25.2 Å². The number of anilines is 3. The Morgan fingerprint density at radius 2 is 2.03 bits per heavy atom. The van der Waals surface area contributed by atoms with Crippen LogP contribution in [-0.2, 0) is 4.79 Å². The van der Waals surface area contributed by atoms with Gasteiger partial charge in [-0.25, -0.2) is 15.0 Å². The Bertz CT molecular complexity index is 1030. The van der Waals surface area contributed by atoms with Crippen LogP contribution in [0, 0.1) is 5.41 Å². The molecule has 0 aromatic carbocycles. The van der Waals surface area contributed by atoms with Crippen LogP contribution in [0.1, 0.15) is 44.5 Å². The van der Waals surface area contributed by atoms with Crippen molar-refractivity contribution in [3.63, 3.8) is 0 Å². The molecule has 1 amide bonds. The number of hydrogen-bond acceptors (Lipinski definition) is 8. The fourth-order valence-electron chi connectivity index (χ4n) is 5.06. The Kier molecular flexibility index (Phi) is 6.20. The first-order valence-corrected chi connectivity index (χ1v) is 11.7. The molecule has 0 aliphatic carbocycles. The number of pyridine rings is 1. The van der Waals surface area contributed by atoms with E-state index < -0.39 is 6.61 Å². The third kappa shape index (κ3) is 4.89. The van der Waals surface area contributed by atoms with E-state index >= 15 is 0 Å². The van der Waals surface area contributed by atoms with Gasteiger partial charge in [-0.15, -0.1) is 0 Å². The molecule has 34 heavy (non-hydrogen) atoms. The van der Waals surface area contributed by atoms with Crippen LogP contribution in [0.4, 0.5) is 26.2 Å². The van der Waals surface area contributed by atoms with E-state index in [0.29, 0.717) is 17.5 Å². The summed E-state index contributed by atoms with van der Waals surface area (Å²) >= 11 is 0. The summed E-state index contributed by atoms with van der Waals surface area (Å²) < 4.78 is 29.7. The van der Waals surface area contributed by atoms with Crippen LogP contribution in [-0.4, -0.2) is 65.1 Å². The van der Waals surface area contributed by atoms with Gasteiger partial charge in [0.1, 0.15) is 29.0 Å². The molecule has 3 saturated heterocycles. The summed E-state index contributed by atoms with van der Waals surface area (Å²) in [5, 5.41) is 6.57. The molecule has 1 spiro atoms. The Hall–Kier alpha value is -3.08. The molecular formula is C23H29F2N7O2. The Morgan fingerprint density at radius 3 is 2.71 bits per heavy atom. The number of carbonyl (C=O) groups is 1. The van der Waals surface area contributed by atoms with Crippen LogP contribution >= 0.6 is 0 Å². The van der Waals surface area contributed by atoms with E-state index in [9.17, 15) is 13.6 Å². The number of nitrogens with one attached hydrogen (secondary N) is 2. The first-order chi connectivity index (χ1) is 16.4. The molecule has 11 heteroatoms. The van der Waals surface area contributed by atoms with Crippen molar-refractivity contribution in [1.29, 1.82) is 0 Å². The van der Waals surface area contributed by atoms with E-state index in [-0.39, 0.29) is 23.1 Å². The molecule has 182 valence electrons. The lowest BCUT2D eigenvalue weighted by Crippen LogP contribution is -2.61. The van der Waals surface area contributed by atoms with Crippen LogP contribution in [0.25, 0.3) is 0 Å². The lowest BCUT2D eigenvalue weighted by molar-refractivity contribution is -0.131. The smallest absolute Gasteiger partial charge is 0.387 e. The molecule has 3 aliphatic heterocycles. The number of rotatable bonds is 6. The molecule has 2 N–H and O–H groups in total. The Balaban J connectivity index is 1.33. The van der Waals surface area contributed by atoms with Crippen molar-refractivity contribution in [3.8, 4) is 5.75 Å². The van der Waals surface area contributed by atoms with E-state index in [4.69, 9.17) is 9.97 Å². The third-order valence-corrected chi connectivity index (χ3v) is 6.96. The summed E-state index contributed by atoms with van der Waals surface area (Å²) in [4.78, 5) is 29.6. The van der Waals surface area contributed by atoms with Crippen LogP contribution in [0.15, 0.2) is 24.4 Å². The van der Waals surface area contributed by atoms with Gasteiger partial charge in [0, 0.05) is 56.8 Å². The number of halogens is 2. The second kappa shape index (κ2) is 9.28. The molecule has 3 fully saturated rings. The average Bonchev–Trinajstić information content (AvgIpc) is 3.32. The SMILES string of the molecule is CC(=O)N1CCC2(CC1)CN(c1cc(Nc3cc(OC(F)F)ccn3)nc(C3CCCN3)n1)C2. The molecule has 3 aliphatic rings. The van der Waals surface area contributed by atoms with E-state index in [1.165, 1.54) is 18.3 Å². The molecule has 0 saturated carbocycles. The fraction of sp³-hybridized carbons (Fsp3) is 0.565. The molecule has 1 atom stereocenters. The highest BCUT2D eigenvalue weighted by atomic mass is 19.3. The zero-order chi connectivity index (χ0) is 23.7. The topological polar surface area (TPSA) is 95.5 Å². The second-order valence-electron chi connectivity index (χ2n) is 9.36. The quantitative estimate of drug-likeness (QED) is 0.661. The van der Waals surface area contributed by atoms with Crippen molar-refractivity contribution in [2.45, 2.75) is 45.3 Å². The van der Waals surface area contributed by atoms with Crippen molar-refractivity contribution < 1.29 is 18.3 Å². The number of piperidine rings is 1. The summed E-state index contributed by atoms with van der Waals surface area (Å²) in [6.45, 7) is 3.05. The molecule has 9 nitrogen and oxygen atoms in total. The highest BCUT2D eigenvalue weighted by molar-refractivity contribution is 5.73. The summed E-state index contributed by atoms with van der Waals surface area (Å²) in [5.74, 6) is 2.64. The van der Waals surface area contributed by atoms with E-state index in [1.54, 1.807) is 6.92 Å². The third-order valence-electron chi connectivity index (χ3n) is 6.96. The lowest BCUT2D eigenvalue weighted by Gasteiger charge is -2.54. The molecule has 2 aromatic rings. The van der Waals surface area contributed by atoms with Gasteiger partial charge >= 0.3 is 6.61 Å². The minimum Gasteiger partial charge on any atom is -0.435 e. The van der Waals surface area contributed by atoms with Gasteiger partial charge in [-0.1, -0.05) is 0 Å². The number of likely N-dealkylation sites (tertiary alicyclic amines) is 1. The lowest BCUT2D eigenvalue weighted by atomic mass is 9.72. The number of alkyl halides is 2. The normalized spacial score (nSPS) is 21.6. The van der Waals surface area contributed by atoms with Crippen LogP contribution in [0.2, 0.25) is 0 Å². The van der Waals surface area contributed by atoms with Gasteiger partial charge in [0.15, 0.2) is 0 Å². The van der Waals surface area contributed by atoms with E-state index in [1.807, 2.05) is 11.0 Å². The summed E-state index contributed by atoms with van der Waals surface area (Å²) in [5.41, 5.74) is 0.221. The standard InChI is InChI=1S/C23H29F2N7O2/c1-15(33)31-9-5-23(6-10-31)13-32(14-23)20-12-19(29-21(30-20)17-3-2-7-26-17)28-18-11-16(4-8-27-18)34-22(24)25/h4,8,11-12,17,22,26H,2-3,5-7,9-10,13-14H2,1H3,(H,27,28,29,30). The average molecular weight is 474 g/mol. The molecule has 0 radical (unpaired) electrons. The van der Waals surface area contributed by atoms with Crippen molar-refractivity contribution >= 4 is 23.4 Å². The highest BCUT2D eigenvalue weighted by Crippen LogP contribution is 2.42. The highest BCUT2D eigenvalue weighted by Gasteiger charge is 2.46. The maximum Gasteiger partial charge on any atom is 0.387 e. The fourth-order valence-corrected chi connectivity index (χ4v) is 5.06. The van der Waals surface area contributed by atoms with Crippen molar-refractivity contribution in [1.82, 2.24) is 25.2 Å². The van der Waals surface area contributed by atoms with Crippen LogP contribution < -0.4 is 20.3 Å². The monoisotopic (exact) mass is 473 g/mol. The Labute approximate surface area is 196 Å². The predicted octanol–water partition coefficient (Wildman–Crippen LogP) is 3.09. The number of hydrogen-bond donors (Lipinski definition) is 2. The van der Waals surface area contributed by atoms with Crippen molar-refractivity contribution in [2.24, 2.45) is 5.41 Å². The summed E-state index contributed by atoms with van der Waals surface area (Å²) in [7, 11) is 0. The van der Waals surface area contributed by atoms with Gasteiger partial charge in [-0.2, -0.15) is 8.78 Å². The van der Waals surface area contributed by atoms with Crippen molar-refractivity contribution in [3.05, 3.63) is 30.2 Å². The van der Waals surface area contributed by atoms with Crippen LogP contribution in [0.3, 0.4) is 0 Å². The first-order valence-electron chi connectivity index (χ1n) is 11.7. The van der Waals surface area contributed by atoms with E-state index in [0.717, 1.165) is 64.2 Å². The number of amides is 1. The van der Waals surface area contributed by atoms with Gasteiger partial charge in [0.05, 0.1) is 6.04 Å². The number of carbonyl (C=O) groups excluding carboxylic acids is 1. The number of ether oxygens (including phenoxy) is 1. The number of aromatic nitrogens is 3. The zero-order valence-electron chi connectivity index (χ0n) is 19.1. The first kappa shape index (κ1) is 22.7. The molecule has 1 unspecified atom stereocenters. The minimum absolute atomic E-state index is 0.0288. The molecule has 5 rings (SSSR count). The van der Waals surface area contributed by atoms with Gasteiger partial charge in [0.2, 0.25) is 5.91 Å². The van der Waals surface area contributed by atoms with E-state index in [2.05, 4.69) is 25.3 Å². The summed E-state index contributed by atoms with van der Waals surface area (Å²) in [6.07, 6.45) is 5.43. The predicted molar refractivity (Wildman–Crippen MR) is 122 cm³/mol. The molecule has 2 aromatic heterocycles. The van der Waals surface area contributed by atoms with Crippen LogP contribution in [0.5, 0.6) is 5.75 Å². The maximum atomic E-state index is 12.6. The van der Waals surface area contributed by atoms with Crippen molar-refractivity contribution in [2.75, 3.05) is 42.9 Å². The maximum absolute atomic E-state index is 12.6. The van der Waals surface area contributed by atoms with Gasteiger partial charge in [-0.05, 0) is 38.3 Å². The molecular weight excluding hydrogens is 444 g/mol. The molecule has 0 bridgehead atoms. The van der Waals surface area contributed by atoms with Gasteiger partial charge in [-0.3, -0.25) is 4.79 Å². The van der Waals surface area contributed by atoms with Gasteiger partial charge in [0.25, 0.3) is 0 Å². The number of nitrogens with zero attached hydrogens (tertiary/aromatic N) is 5. The Morgan fingerprint density at radius 1 is 1.24 bits per heavy atom.